The second kappa shape index (κ2) is 4.96. The highest BCUT2D eigenvalue weighted by Crippen LogP contribution is 2.27. The van der Waals surface area contributed by atoms with Crippen LogP contribution < -0.4 is 0 Å². The van der Waals surface area contributed by atoms with Crippen LogP contribution in [0.1, 0.15) is 12.0 Å². The molecule has 0 aliphatic carbocycles. The lowest BCUT2D eigenvalue weighted by Gasteiger charge is -2.03. The Labute approximate surface area is 110 Å². The number of fused-ring (bicyclic) bond motifs is 3. The van der Waals surface area contributed by atoms with Gasteiger partial charge in [0.05, 0.1) is 0 Å². The van der Waals surface area contributed by atoms with E-state index >= 15 is 0 Å². The Kier molecular flexibility index (Phi) is 3.17. The number of benzene rings is 2. The zero-order valence-electron chi connectivity index (χ0n) is 10.6. The Hall–Kier alpha value is -1.58. The van der Waals surface area contributed by atoms with E-state index in [9.17, 15) is 0 Å². The van der Waals surface area contributed by atoms with Crippen molar-refractivity contribution in [1.29, 1.82) is 0 Å². The smallest absolute Gasteiger partial charge is 0.145 e. The molecule has 0 fully saturated rings. The van der Waals surface area contributed by atoms with Crippen molar-refractivity contribution in [3.05, 3.63) is 48.0 Å². The first-order chi connectivity index (χ1) is 8.90. The maximum absolute atomic E-state index is 5.26. The fourth-order valence-electron chi connectivity index (χ4n) is 2.55. The van der Waals surface area contributed by atoms with Gasteiger partial charge < -0.3 is 9.41 Å². The van der Waals surface area contributed by atoms with Crippen LogP contribution >= 0.6 is 0 Å². The predicted octanol–water partition coefficient (Wildman–Crippen LogP) is 2.55. The lowest BCUT2D eigenvalue weighted by molar-refractivity contribution is 0.341. The van der Waals surface area contributed by atoms with Crippen LogP contribution in [0.15, 0.2) is 42.5 Å². The topological polar surface area (TPSA) is 25.0 Å². The molecule has 1 N–H and O–H groups in total. The maximum atomic E-state index is 5.26. The largest absolute Gasteiger partial charge is 0.428 e. The number of aryl methyl sites for hydroxylation is 1. The number of rotatable bonds is 4. The molecule has 0 bridgehead atoms. The molecule has 3 heteroatoms. The van der Waals surface area contributed by atoms with Gasteiger partial charge in [-0.05, 0) is 24.5 Å². The standard InChI is InChI=1S/C15H17NOSi/c18-17-10-4-6-11-5-3-8-13-12-7-1-2-9-14(12)16-15(11)13/h1-3,5,7-9,16H,4,6,10H2,18H3. The first kappa shape index (κ1) is 11.5. The minimum absolute atomic E-state index is 0.835. The highest BCUT2D eigenvalue weighted by molar-refractivity contribution is 6.08. The molecule has 0 unspecified atom stereocenters. The summed E-state index contributed by atoms with van der Waals surface area (Å²) in [5.74, 6) is 0. The van der Waals surface area contributed by atoms with Crippen LogP contribution in [0.4, 0.5) is 0 Å². The van der Waals surface area contributed by atoms with Gasteiger partial charge in [0.1, 0.15) is 10.5 Å². The molecule has 2 nitrogen and oxygen atoms in total. The van der Waals surface area contributed by atoms with Crippen LogP contribution in [0.3, 0.4) is 0 Å². The SMILES string of the molecule is [SiH3]OCCCc1cccc2c1[nH]c1ccccc12. The molecule has 0 amide bonds. The molecule has 0 saturated carbocycles. The number of para-hydroxylation sites is 2. The van der Waals surface area contributed by atoms with Crippen LogP contribution in [-0.2, 0) is 10.8 Å². The fourth-order valence-corrected chi connectivity index (χ4v) is 2.84. The molecule has 1 aromatic heterocycles. The van der Waals surface area contributed by atoms with Gasteiger partial charge in [0.2, 0.25) is 0 Å². The predicted molar refractivity (Wildman–Crippen MR) is 80.0 cm³/mol. The van der Waals surface area contributed by atoms with Gasteiger partial charge in [-0.15, -0.1) is 0 Å². The summed E-state index contributed by atoms with van der Waals surface area (Å²) in [5, 5.41) is 2.64. The van der Waals surface area contributed by atoms with Crippen molar-refractivity contribution in [3.63, 3.8) is 0 Å². The quantitative estimate of drug-likeness (QED) is 0.562. The van der Waals surface area contributed by atoms with Gasteiger partial charge in [0.15, 0.2) is 0 Å². The second-order valence-electron chi connectivity index (χ2n) is 4.61. The van der Waals surface area contributed by atoms with E-state index in [-0.39, 0.29) is 0 Å². The van der Waals surface area contributed by atoms with E-state index < -0.39 is 0 Å². The fraction of sp³-hybridized carbons (Fsp3) is 0.200. The van der Waals surface area contributed by atoms with E-state index in [4.69, 9.17) is 4.43 Å². The van der Waals surface area contributed by atoms with Crippen molar-refractivity contribution in [2.24, 2.45) is 0 Å². The van der Waals surface area contributed by atoms with Crippen molar-refractivity contribution in [1.82, 2.24) is 4.98 Å². The molecule has 2 aromatic carbocycles. The van der Waals surface area contributed by atoms with Crippen LogP contribution in [0.2, 0.25) is 0 Å². The third kappa shape index (κ3) is 1.96. The summed E-state index contributed by atoms with van der Waals surface area (Å²) in [4.78, 5) is 3.54. The number of aromatic nitrogens is 1. The van der Waals surface area contributed by atoms with Gasteiger partial charge in [-0.3, -0.25) is 0 Å². The monoisotopic (exact) mass is 255 g/mol. The van der Waals surface area contributed by atoms with Gasteiger partial charge >= 0.3 is 0 Å². The van der Waals surface area contributed by atoms with Crippen LogP contribution in [0, 0.1) is 0 Å². The van der Waals surface area contributed by atoms with E-state index in [0.717, 1.165) is 29.9 Å². The zero-order chi connectivity index (χ0) is 12.4. The molecule has 18 heavy (non-hydrogen) atoms. The van der Waals surface area contributed by atoms with E-state index in [0.29, 0.717) is 0 Å². The molecule has 92 valence electrons. The Morgan fingerprint density at radius 2 is 1.83 bits per heavy atom. The third-order valence-corrected chi connectivity index (χ3v) is 3.83. The molecule has 0 aliphatic heterocycles. The molecule has 0 saturated heterocycles. The molecule has 3 rings (SSSR count). The van der Waals surface area contributed by atoms with Crippen molar-refractivity contribution in [3.8, 4) is 0 Å². The normalized spacial score (nSPS) is 11.6. The van der Waals surface area contributed by atoms with Crippen molar-refractivity contribution in [2.45, 2.75) is 12.8 Å². The first-order valence-corrected chi connectivity index (χ1v) is 7.19. The average molecular weight is 255 g/mol. The average Bonchev–Trinajstić information content (AvgIpc) is 2.79. The van der Waals surface area contributed by atoms with Gasteiger partial charge in [0, 0.05) is 28.4 Å². The van der Waals surface area contributed by atoms with Gasteiger partial charge in [-0.25, -0.2) is 0 Å². The molecular formula is C15H17NOSi. The van der Waals surface area contributed by atoms with Gasteiger partial charge in [-0.2, -0.15) is 0 Å². The maximum Gasteiger partial charge on any atom is 0.145 e. The summed E-state index contributed by atoms with van der Waals surface area (Å²) in [7, 11) is 0.835. The number of hydrogen-bond acceptors (Lipinski definition) is 1. The Morgan fingerprint density at radius 3 is 2.72 bits per heavy atom. The lowest BCUT2D eigenvalue weighted by Crippen LogP contribution is -1.94. The number of hydrogen-bond donors (Lipinski definition) is 1. The van der Waals surface area contributed by atoms with Crippen molar-refractivity contribution >= 4 is 32.3 Å². The van der Waals surface area contributed by atoms with E-state index in [1.54, 1.807) is 0 Å². The molecule has 1 heterocycles. The Balaban J connectivity index is 2.09. The summed E-state index contributed by atoms with van der Waals surface area (Å²) in [5.41, 5.74) is 3.90. The Morgan fingerprint density at radius 1 is 1.00 bits per heavy atom. The van der Waals surface area contributed by atoms with Crippen LogP contribution in [0.5, 0.6) is 0 Å². The second-order valence-corrected chi connectivity index (χ2v) is 5.18. The zero-order valence-corrected chi connectivity index (χ0v) is 12.6. The van der Waals surface area contributed by atoms with Crippen molar-refractivity contribution in [2.75, 3.05) is 6.61 Å². The molecule has 3 aromatic rings. The first-order valence-electron chi connectivity index (χ1n) is 6.37. The minimum Gasteiger partial charge on any atom is -0.428 e. The summed E-state index contributed by atoms with van der Waals surface area (Å²) in [6.07, 6.45) is 2.17. The number of H-pyrrole nitrogens is 1. The molecule has 0 spiro atoms. The summed E-state index contributed by atoms with van der Waals surface area (Å²) in [6, 6.07) is 15.1. The third-order valence-electron chi connectivity index (χ3n) is 3.42. The molecule has 0 radical (unpaired) electrons. The molecule has 0 aliphatic rings. The van der Waals surface area contributed by atoms with E-state index in [1.165, 1.54) is 27.4 Å². The molecular weight excluding hydrogens is 238 g/mol. The van der Waals surface area contributed by atoms with Crippen LogP contribution in [-0.4, -0.2) is 22.1 Å². The van der Waals surface area contributed by atoms with E-state index in [2.05, 4.69) is 47.4 Å². The van der Waals surface area contributed by atoms with Crippen molar-refractivity contribution < 1.29 is 4.43 Å². The Bertz CT molecular complexity index is 674. The summed E-state index contributed by atoms with van der Waals surface area (Å²) >= 11 is 0. The van der Waals surface area contributed by atoms with E-state index in [1.807, 2.05) is 0 Å². The summed E-state index contributed by atoms with van der Waals surface area (Å²) in [6.45, 7) is 0.878. The molecule has 0 atom stereocenters. The number of aromatic amines is 1. The van der Waals surface area contributed by atoms with Crippen LogP contribution in [0.25, 0.3) is 21.8 Å². The highest BCUT2D eigenvalue weighted by Gasteiger charge is 2.06. The summed E-state index contributed by atoms with van der Waals surface area (Å²) < 4.78 is 5.26. The lowest BCUT2D eigenvalue weighted by atomic mass is 10.1. The van der Waals surface area contributed by atoms with Gasteiger partial charge in [0.25, 0.3) is 0 Å². The van der Waals surface area contributed by atoms with Gasteiger partial charge in [-0.1, -0.05) is 36.4 Å². The minimum atomic E-state index is 0.835. The number of nitrogens with one attached hydrogen (secondary N) is 1. The highest BCUT2D eigenvalue weighted by atomic mass is 28.2.